The molecular formula is C27H36NO4Pb. The Labute approximate surface area is 214 Å². The van der Waals surface area contributed by atoms with Gasteiger partial charge in [-0.3, -0.25) is 0 Å². The molecule has 1 aliphatic heterocycles. The van der Waals surface area contributed by atoms with Crippen LogP contribution in [-0.2, 0) is 25.5 Å². The van der Waals surface area contributed by atoms with Gasteiger partial charge in [0.25, 0.3) is 0 Å². The molecule has 0 bridgehead atoms. The van der Waals surface area contributed by atoms with Crippen LogP contribution in [0.3, 0.4) is 0 Å². The van der Waals surface area contributed by atoms with Crippen molar-refractivity contribution >= 4 is 37.6 Å². The third-order valence-electron chi connectivity index (χ3n) is 5.16. The molecule has 2 aromatic rings. The van der Waals surface area contributed by atoms with Crippen molar-refractivity contribution in [2.75, 3.05) is 13.2 Å². The van der Waals surface area contributed by atoms with Crippen molar-refractivity contribution < 1.29 is 19.1 Å². The fourth-order valence-electron chi connectivity index (χ4n) is 3.59. The molecule has 5 nitrogen and oxygen atoms in total. The van der Waals surface area contributed by atoms with Crippen molar-refractivity contribution in [2.24, 2.45) is 0 Å². The van der Waals surface area contributed by atoms with E-state index in [0.29, 0.717) is 38.9 Å². The molecule has 3 rings (SSSR count). The van der Waals surface area contributed by atoms with E-state index < -0.39 is 11.6 Å². The number of carbonyl (C=O) groups is 2. The zero-order valence-corrected chi connectivity index (χ0v) is 24.3. The summed E-state index contributed by atoms with van der Waals surface area (Å²) >= 11 is 0.675. The van der Waals surface area contributed by atoms with Gasteiger partial charge in [-0.25, -0.2) is 0 Å². The second kappa shape index (κ2) is 13.2. The quantitative estimate of drug-likeness (QED) is 0.241. The minimum absolute atomic E-state index is 0.0159. The average molecular weight is 646 g/mol. The number of likely N-dealkylation sites (tertiary alicyclic amines) is 1. The number of benzene rings is 2. The van der Waals surface area contributed by atoms with Crippen LogP contribution < -0.4 is 0 Å². The van der Waals surface area contributed by atoms with E-state index in [0.717, 1.165) is 18.4 Å². The number of carbonyl (C=O) groups excluding carboxylic acids is 2. The Morgan fingerprint density at radius 1 is 1.03 bits per heavy atom. The van der Waals surface area contributed by atoms with E-state index in [1.165, 1.54) is 5.56 Å². The van der Waals surface area contributed by atoms with Crippen LogP contribution in [0.1, 0.15) is 55.6 Å². The summed E-state index contributed by atoms with van der Waals surface area (Å²) < 4.78 is 11.5. The number of esters is 1. The Balaban J connectivity index is 0.00000187. The predicted octanol–water partition coefficient (Wildman–Crippen LogP) is 4.49. The number of hydrogen-bond acceptors (Lipinski definition) is 4. The Morgan fingerprint density at radius 3 is 2.18 bits per heavy atom. The number of hydrogen-bond donors (Lipinski definition) is 0. The van der Waals surface area contributed by atoms with E-state index in [4.69, 9.17) is 9.47 Å². The summed E-state index contributed by atoms with van der Waals surface area (Å²) in [6.07, 6.45) is 1.46. The molecule has 1 saturated heterocycles. The molecule has 3 atom stereocenters. The van der Waals surface area contributed by atoms with Gasteiger partial charge in [0, 0.05) is 0 Å². The molecule has 2 unspecified atom stereocenters. The van der Waals surface area contributed by atoms with Gasteiger partial charge in [-0.15, -0.1) is 0 Å². The van der Waals surface area contributed by atoms with E-state index in [1.807, 2.05) is 83.1 Å². The molecule has 6 heteroatoms. The maximum atomic E-state index is 13.2. The molecule has 33 heavy (non-hydrogen) atoms. The first-order valence-electron chi connectivity index (χ1n) is 11.7. The molecule has 1 amide bonds. The molecule has 0 saturated carbocycles. The van der Waals surface area contributed by atoms with E-state index >= 15 is 0 Å². The van der Waals surface area contributed by atoms with Gasteiger partial charge in [-0.1, -0.05) is 19.9 Å². The SMILES string of the molecule is CC.CC(C)(C)OC(=O)[C@H]1C(OCCCc2ccccc2)CN1C(=O)[CH]([Pb])c1ccccc1. The topological polar surface area (TPSA) is 55.8 Å². The number of nitrogens with zero attached hydrogens (tertiary/aromatic N) is 1. The number of ether oxygens (including phenoxy) is 2. The molecule has 1 heterocycles. The summed E-state index contributed by atoms with van der Waals surface area (Å²) in [5.41, 5.74) is 1.65. The summed E-state index contributed by atoms with van der Waals surface area (Å²) in [6.45, 7) is 10.5. The van der Waals surface area contributed by atoms with Crippen LogP contribution in [0.2, 0.25) is 0 Å². The van der Waals surface area contributed by atoms with Crippen molar-refractivity contribution in [3.05, 3.63) is 71.8 Å². The van der Waals surface area contributed by atoms with Gasteiger partial charge in [0.15, 0.2) is 0 Å². The number of amides is 1. The normalized spacial score (nSPS) is 18.4. The summed E-state index contributed by atoms with van der Waals surface area (Å²) in [5, 5.41) is 0. The van der Waals surface area contributed by atoms with Crippen LogP contribution in [0.25, 0.3) is 0 Å². The molecule has 0 aliphatic carbocycles. The molecule has 3 radical (unpaired) electrons. The van der Waals surface area contributed by atoms with Gasteiger partial charge in [0.2, 0.25) is 0 Å². The molecule has 0 aromatic heterocycles. The van der Waals surface area contributed by atoms with Gasteiger partial charge in [-0.2, -0.15) is 0 Å². The van der Waals surface area contributed by atoms with Crippen molar-refractivity contribution in [1.29, 1.82) is 0 Å². The Hall–Kier alpha value is -1.74. The van der Waals surface area contributed by atoms with Crippen LogP contribution in [0.5, 0.6) is 0 Å². The van der Waals surface area contributed by atoms with Crippen molar-refractivity contribution in [2.45, 2.75) is 68.7 Å². The van der Waals surface area contributed by atoms with Crippen molar-refractivity contribution in [1.82, 2.24) is 4.90 Å². The summed E-state index contributed by atoms with van der Waals surface area (Å²) in [6, 6.07) is 19.3. The van der Waals surface area contributed by atoms with Crippen LogP contribution in [0, 0.1) is 0 Å². The van der Waals surface area contributed by atoms with Crippen LogP contribution in [0.15, 0.2) is 60.7 Å². The third-order valence-corrected chi connectivity index (χ3v) is 7.42. The number of aryl methyl sites for hydroxylation is 1. The maximum absolute atomic E-state index is 13.2. The second-order valence-electron chi connectivity index (χ2n) is 8.81. The molecule has 2 aromatic carbocycles. The van der Waals surface area contributed by atoms with Crippen molar-refractivity contribution in [3.8, 4) is 0 Å². The van der Waals surface area contributed by atoms with E-state index in [2.05, 4.69) is 12.1 Å². The van der Waals surface area contributed by atoms with Gasteiger partial charge in [-0.05, 0) is 0 Å². The minimum atomic E-state index is -0.677. The molecule has 1 fully saturated rings. The summed E-state index contributed by atoms with van der Waals surface area (Å²) in [4.78, 5) is 27.7. The number of rotatable bonds is 8. The Kier molecular flexibility index (Phi) is 11.0. The second-order valence-corrected chi connectivity index (χ2v) is 11.1. The summed E-state index contributed by atoms with van der Waals surface area (Å²) in [7, 11) is 0. The predicted molar refractivity (Wildman–Crippen MR) is 132 cm³/mol. The Morgan fingerprint density at radius 2 is 1.61 bits per heavy atom. The monoisotopic (exact) mass is 646 g/mol. The van der Waals surface area contributed by atoms with Gasteiger partial charge in [0.05, 0.1) is 0 Å². The van der Waals surface area contributed by atoms with Gasteiger partial charge in [0.1, 0.15) is 0 Å². The third kappa shape index (κ3) is 8.21. The molecular weight excluding hydrogens is 609 g/mol. The van der Waals surface area contributed by atoms with E-state index in [-0.39, 0.29) is 21.5 Å². The fourth-order valence-corrected chi connectivity index (χ4v) is 4.98. The first kappa shape index (κ1) is 27.5. The zero-order valence-electron chi connectivity index (χ0n) is 20.4. The molecule has 177 valence electrons. The molecule has 1 aliphatic rings. The van der Waals surface area contributed by atoms with Crippen LogP contribution >= 0.6 is 0 Å². The summed E-state index contributed by atoms with van der Waals surface area (Å²) in [5.74, 6) is -0.403. The van der Waals surface area contributed by atoms with Gasteiger partial charge >= 0.3 is 195 Å². The fraction of sp³-hybridized carbons (Fsp3) is 0.481. The first-order valence-corrected chi connectivity index (χ1v) is 14.0. The van der Waals surface area contributed by atoms with E-state index in [9.17, 15) is 9.59 Å². The van der Waals surface area contributed by atoms with E-state index in [1.54, 1.807) is 4.90 Å². The zero-order chi connectivity index (χ0) is 24.4. The van der Waals surface area contributed by atoms with Crippen LogP contribution in [0.4, 0.5) is 0 Å². The van der Waals surface area contributed by atoms with Crippen LogP contribution in [-0.4, -0.2) is 73.4 Å². The van der Waals surface area contributed by atoms with Gasteiger partial charge < -0.3 is 0 Å². The van der Waals surface area contributed by atoms with Crippen molar-refractivity contribution in [3.63, 3.8) is 0 Å². The first-order chi connectivity index (χ1) is 15.8. The standard InChI is InChI=1S/C25H30NO4.C2H6.Pb/c1-25(2,3)30-24(28)23-21(29-16-10-15-19-11-6-4-7-12-19)18-26(23)22(27)17-20-13-8-5-9-14-20;1-2;/h4-9,11-14,17,21,23H,10,15-16,18H2,1-3H3;1-2H3;/t21?,23-;;/m1../s1. The molecule has 0 N–H and O–H groups in total. The average Bonchev–Trinajstić information content (AvgIpc) is 2.78. The Bertz CT molecular complexity index is 867. The molecule has 0 spiro atoms.